The first-order chi connectivity index (χ1) is 15.4. The standard InChI is InChI=1S/C22H17N3O7/c26-22(17-9-18(24(27)28)11-19(10-17)25(29)30)23(12-15-4-2-1-3-5-15)13-16-6-7-20-21(8-16)32-14-31-20/h1-11H,12-14H2. The summed E-state index contributed by atoms with van der Waals surface area (Å²) < 4.78 is 10.7. The Kier molecular flexibility index (Phi) is 5.67. The second-order valence-corrected chi connectivity index (χ2v) is 7.09. The van der Waals surface area contributed by atoms with Crippen molar-refractivity contribution in [2.24, 2.45) is 0 Å². The number of amides is 1. The Morgan fingerprint density at radius 1 is 0.812 bits per heavy atom. The number of carbonyl (C=O) groups is 1. The Morgan fingerprint density at radius 3 is 2.09 bits per heavy atom. The summed E-state index contributed by atoms with van der Waals surface area (Å²) in [7, 11) is 0. The van der Waals surface area contributed by atoms with E-state index in [1.165, 1.54) is 4.90 Å². The Bertz CT molecular complexity index is 1170. The van der Waals surface area contributed by atoms with Gasteiger partial charge in [0.2, 0.25) is 6.79 Å². The number of non-ortho nitro benzene ring substituents is 2. The Labute approximate surface area is 181 Å². The fraction of sp³-hybridized carbons (Fsp3) is 0.136. The quantitative estimate of drug-likeness (QED) is 0.404. The average molecular weight is 435 g/mol. The minimum absolute atomic E-state index is 0.114. The molecule has 0 saturated heterocycles. The van der Waals surface area contributed by atoms with E-state index in [4.69, 9.17) is 9.47 Å². The van der Waals surface area contributed by atoms with Gasteiger partial charge in [-0.25, -0.2) is 0 Å². The molecular weight excluding hydrogens is 418 g/mol. The van der Waals surface area contributed by atoms with Crippen LogP contribution in [0.4, 0.5) is 11.4 Å². The number of ether oxygens (including phenoxy) is 2. The molecule has 0 atom stereocenters. The third-order valence-corrected chi connectivity index (χ3v) is 4.89. The molecule has 32 heavy (non-hydrogen) atoms. The van der Waals surface area contributed by atoms with E-state index in [1.54, 1.807) is 18.2 Å². The van der Waals surface area contributed by atoms with Crippen LogP contribution < -0.4 is 9.47 Å². The molecule has 1 amide bonds. The van der Waals surface area contributed by atoms with Gasteiger partial charge >= 0.3 is 0 Å². The van der Waals surface area contributed by atoms with Crippen LogP contribution >= 0.6 is 0 Å². The summed E-state index contributed by atoms with van der Waals surface area (Å²) in [6.07, 6.45) is 0. The number of nitrogens with zero attached hydrogens (tertiary/aromatic N) is 3. The lowest BCUT2D eigenvalue weighted by atomic mass is 10.1. The van der Waals surface area contributed by atoms with Crippen LogP contribution in [0.5, 0.6) is 11.5 Å². The number of benzene rings is 3. The van der Waals surface area contributed by atoms with E-state index in [0.29, 0.717) is 11.5 Å². The summed E-state index contributed by atoms with van der Waals surface area (Å²) >= 11 is 0. The molecule has 162 valence electrons. The first-order valence-electron chi connectivity index (χ1n) is 9.56. The van der Waals surface area contributed by atoms with Crippen molar-refractivity contribution in [2.75, 3.05) is 6.79 Å². The van der Waals surface area contributed by atoms with Crippen molar-refractivity contribution < 1.29 is 24.1 Å². The average Bonchev–Trinajstić information content (AvgIpc) is 3.26. The third-order valence-electron chi connectivity index (χ3n) is 4.89. The van der Waals surface area contributed by atoms with Crippen LogP contribution in [0.3, 0.4) is 0 Å². The largest absolute Gasteiger partial charge is 0.454 e. The summed E-state index contributed by atoms with van der Waals surface area (Å²) in [6.45, 7) is 0.467. The molecule has 10 nitrogen and oxygen atoms in total. The van der Waals surface area contributed by atoms with E-state index in [-0.39, 0.29) is 25.4 Å². The smallest absolute Gasteiger partial charge is 0.277 e. The van der Waals surface area contributed by atoms with Gasteiger partial charge in [-0.2, -0.15) is 0 Å². The first-order valence-corrected chi connectivity index (χ1v) is 9.56. The van der Waals surface area contributed by atoms with E-state index in [9.17, 15) is 25.0 Å². The van der Waals surface area contributed by atoms with Gasteiger partial charge in [-0.05, 0) is 23.3 Å². The zero-order valence-electron chi connectivity index (χ0n) is 16.7. The highest BCUT2D eigenvalue weighted by Crippen LogP contribution is 2.33. The Morgan fingerprint density at radius 2 is 1.44 bits per heavy atom. The number of carbonyl (C=O) groups excluding carboxylic acids is 1. The summed E-state index contributed by atoms with van der Waals surface area (Å²) in [6, 6.07) is 17.4. The second-order valence-electron chi connectivity index (χ2n) is 7.09. The molecule has 1 heterocycles. The molecule has 10 heteroatoms. The van der Waals surface area contributed by atoms with Gasteiger partial charge in [0, 0.05) is 25.2 Å². The molecule has 1 aliphatic rings. The SMILES string of the molecule is O=C(c1cc([N+](=O)[O-])cc([N+](=O)[O-])c1)N(Cc1ccccc1)Cc1ccc2c(c1)OCO2. The zero-order valence-corrected chi connectivity index (χ0v) is 16.7. The number of hydrogen-bond donors (Lipinski definition) is 0. The molecule has 0 fully saturated rings. The highest BCUT2D eigenvalue weighted by atomic mass is 16.7. The van der Waals surface area contributed by atoms with Crippen molar-refractivity contribution in [2.45, 2.75) is 13.1 Å². The van der Waals surface area contributed by atoms with Crippen LogP contribution in [0.1, 0.15) is 21.5 Å². The molecule has 3 aromatic rings. The highest BCUT2D eigenvalue weighted by Gasteiger charge is 2.24. The predicted molar refractivity (Wildman–Crippen MR) is 112 cm³/mol. The van der Waals surface area contributed by atoms with E-state index in [0.717, 1.165) is 29.3 Å². The lowest BCUT2D eigenvalue weighted by Gasteiger charge is -2.23. The molecule has 0 N–H and O–H groups in total. The van der Waals surface area contributed by atoms with Gasteiger partial charge in [-0.1, -0.05) is 36.4 Å². The summed E-state index contributed by atoms with van der Waals surface area (Å²) in [5.74, 6) is 0.586. The van der Waals surface area contributed by atoms with Crippen molar-refractivity contribution in [3.8, 4) is 11.5 Å². The van der Waals surface area contributed by atoms with Crippen LogP contribution in [0.25, 0.3) is 0 Å². The molecule has 0 unspecified atom stereocenters. The molecule has 0 radical (unpaired) electrons. The van der Waals surface area contributed by atoms with Crippen molar-refractivity contribution in [3.05, 3.63) is 104 Å². The van der Waals surface area contributed by atoms with E-state index < -0.39 is 27.1 Å². The van der Waals surface area contributed by atoms with Gasteiger partial charge in [-0.3, -0.25) is 25.0 Å². The summed E-state index contributed by atoms with van der Waals surface area (Å²) in [5.41, 5.74) is 0.401. The number of fused-ring (bicyclic) bond motifs is 1. The fourth-order valence-corrected chi connectivity index (χ4v) is 3.38. The van der Waals surface area contributed by atoms with Gasteiger partial charge in [0.25, 0.3) is 17.3 Å². The van der Waals surface area contributed by atoms with Crippen molar-refractivity contribution >= 4 is 17.3 Å². The first kappa shape index (κ1) is 20.8. The van der Waals surface area contributed by atoms with Gasteiger partial charge in [0.15, 0.2) is 11.5 Å². The number of nitro benzene ring substituents is 2. The van der Waals surface area contributed by atoms with Crippen LogP contribution in [-0.4, -0.2) is 27.4 Å². The summed E-state index contributed by atoms with van der Waals surface area (Å²) in [5, 5.41) is 22.5. The van der Waals surface area contributed by atoms with Gasteiger partial charge in [0.05, 0.1) is 21.5 Å². The molecular formula is C22H17N3O7. The maximum Gasteiger partial charge on any atom is 0.277 e. The number of nitro groups is 2. The van der Waals surface area contributed by atoms with Crippen LogP contribution in [0, 0.1) is 20.2 Å². The second kappa shape index (κ2) is 8.72. The molecule has 0 bridgehead atoms. The lowest BCUT2D eigenvalue weighted by Crippen LogP contribution is -2.30. The fourth-order valence-electron chi connectivity index (χ4n) is 3.38. The van der Waals surface area contributed by atoms with Crippen molar-refractivity contribution in [1.82, 2.24) is 4.90 Å². The predicted octanol–water partition coefficient (Wildman–Crippen LogP) is 4.07. The maximum absolute atomic E-state index is 13.4. The van der Waals surface area contributed by atoms with Crippen LogP contribution in [-0.2, 0) is 13.1 Å². The lowest BCUT2D eigenvalue weighted by molar-refractivity contribution is -0.394. The van der Waals surface area contributed by atoms with E-state index in [1.807, 2.05) is 30.3 Å². The Hall–Kier alpha value is -4.47. The normalized spacial score (nSPS) is 11.8. The van der Waals surface area contributed by atoms with Gasteiger partial charge in [0.1, 0.15) is 0 Å². The maximum atomic E-state index is 13.4. The van der Waals surface area contributed by atoms with Crippen LogP contribution in [0.2, 0.25) is 0 Å². The monoisotopic (exact) mass is 435 g/mol. The minimum Gasteiger partial charge on any atom is -0.454 e. The van der Waals surface area contributed by atoms with Crippen LogP contribution in [0.15, 0.2) is 66.7 Å². The van der Waals surface area contributed by atoms with Gasteiger partial charge in [-0.15, -0.1) is 0 Å². The van der Waals surface area contributed by atoms with E-state index in [2.05, 4.69) is 0 Å². The Balaban J connectivity index is 1.70. The highest BCUT2D eigenvalue weighted by molar-refractivity contribution is 5.95. The topological polar surface area (TPSA) is 125 Å². The number of rotatable bonds is 7. The summed E-state index contributed by atoms with van der Waals surface area (Å²) in [4.78, 5) is 35.8. The minimum atomic E-state index is -0.761. The number of hydrogen-bond acceptors (Lipinski definition) is 7. The molecule has 3 aromatic carbocycles. The van der Waals surface area contributed by atoms with Crippen molar-refractivity contribution in [1.29, 1.82) is 0 Å². The zero-order chi connectivity index (χ0) is 22.7. The molecule has 0 saturated carbocycles. The van der Waals surface area contributed by atoms with E-state index >= 15 is 0 Å². The molecule has 4 rings (SSSR count). The molecule has 1 aliphatic heterocycles. The molecule has 0 aliphatic carbocycles. The van der Waals surface area contributed by atoms with Gasteiger partial charge < -0.3 is 14.4 Å². The third kappa shape index (κ3) is 4.48. The van der Waals surface area contributed by atoms with Crippen molar-refractivity contribution in [3.63, 3.8) is 0 Å². The molecule has 0 aromatic heterocycles. The molecule has 0 spiro atoms.